The van der Waals surface area contributed by atoms with Gasteiger partial charge in [0.05, 0.1) is 17.4 Å². The summed E-state index contributed by atoms with van der Waals surface area (Å²) >= 11 is 0. The van der Waals surface area contributed by atoms with Crippen molar-refractivity contribution in [2.75, 3.05) is 0 Å². The highest BCUT2D eigenvalue weighted by Gasteiger charge is 2.44. The lowest BCUT2D eigenvalue weighted by Gasteiger charge is -2.38. The lowest BCUT2D eigenvalue weighted by atomic mass is 9.98. The van der Waals surface area contributed by atoms with Gasteiger partial charge in [0.2, 0.25) is 5.88 Å². The fourth-order valence-electron chi connectivity index (χ4n) is 4.36. The Bertz CT molecular complexity index is 925. The molecule has 1 N–H and O–H groups in total. The summed E-state index contributed by atoms with van der Waals surface area (Å²) in [7, 11) is 0. The number of piperidine rings is 1. The van der Waals surface area contributed by atoms with Gasteiger partial charge in [-0.2, -0.15) is 0 Å². The van der Waals surface area contributed by atoms with Crippen LogP contribution in [0.1, 0.15) is 36.0 Å². The number of nitrogens with one attached hydrogen (secondary N) is 1. The van der Waals surface area contributed by atoms with Gasteiger partial charge < -0.3 is 14.6 Å². The van der Waals surface area contributed by atoms with Crippen LogP contribution in [-0.2, 0) is 0 Å². The Labute approximate surface area is 151 Å². The maximum atomic E-state index is 13.1. The molecule has 0 radical (unpaired) electrons. The number of benzene rings is 1. The Morgan fingerprint density at radius 2 is 1.96 bits per heavy atom. The third-order valence-corrected chi connectivity index (χ3v) is 5.52. The van der Waals surface area contributed by atoms with E-state index in [1.807, 2.05) is 36.4 Å². The van der Waals surface area contributed by atoms with E-state index in [-0.39, 0.29) is 24.1 Å². The molecule has 2 aliphatic heterocycles. The summed E-state index contributed by atoms with van der Waals surface area (Å²) in [6.45, 7) is 0. The lowest BCUT2D eigenvalue weighted by Crippen LogP contribution is -2.49. The number of pyridine rings is 1. The molecule has 2 atom stereocenters. The van der Waals surface area contributed by atoms with Crippen LogP contribution in [0.2, 0.25) is 0 Å². The molecule has 0 saturated carbocycles. The first-order valence-electron chi connectivity index (χ1n) is 9.11. The van der Waals surface area contributed by atoms with E-state index in [1.54, 1.807) is 12.5 Å². The molecular weight excluding hydrogens is 328 g/mol. The summed E-state index contributed by atoms with van der Waals surface area (Å²) in [5.41, 5.74) is 2.51. The van der Waals surface area contributed by atoms with Crippen LogP contribution in [0.3, 0.4) is 0 Å². The molecule has 6 heteroatoms. The highest BCUT2D eigenvalue weighted by atomic mass is 16.5. The highest BCUT2D eigenvalue weighted by Crippen LogP contribution is 2.38. The number of ether oxygens (including phenoxy) is 1. The Morgan fingerprint density at radius 3 is 2.73 bits per heavy atom. The van der Waals surface area contributed by atoms with Crippen molar-refractivity contribution in [1.29, 1.82) is 0 Å². The fraction of sp³-hybridized carbons (Fsp3) is 0.350. The normalized spacial score (nSPS) is 24.8. The van der Waals surface area contributed by atoms with Crippen LogP contribution < -0.4 is 4.74 Å². The second-order valence-electron chi connectivity index (χ2n) is 7.11. The quantitative estimate of drug-likeness (QED) is 0.789. The maximum absolute atomic E-state index is 13.1. The minimum atomic E-state index is 0.116. The number of aromatic amines is 1. The summed E-state index contributed by atoms with van der Waals surface area (Å²) in [4.78, 5) is 26.8. The Kier molecular flexibility index (Phi) is 3.62. The van der Waals surface area contributed by atoms with Gasteiger partial charge in [-0.25, -0.2) is 9.97 Å². The SMILES string of the molecule is O=C(c1ccc2nc[nH]c2c1)N1C2CCC1CC(Oc1ccccn1)C2. The Hall–Kier alpha value is -2.89. The third-order valence-electron chi connectivity index (χ3n) is 5.52. The molecular formula is C20H20N4O2. The molecule has 6 nitrogen and oxygen atoms in total. The fourth-order valence-corrected chi connectivity index (χ4v) is 4.36. The summed E-state index contributed by atoms with van der Waals surface area (Å²) in [5.74, 6) is 0.784. The van der Waals surface area contributed by atoms with Gasteiger partial charge in [0, 0.05) is 42.8 Å². The predicted molar refractivity (Wildman–Crippen MR) is 97.0 cm³/mol. The van der Waals surface area contributed by atoms with E-state index < -0.39 is 0 Å². The van der Waals surface area contributed by atoms with Gasteiger partial charge >= 0.3 is 0 Å². The van der Waals surface area contributed by atoms with E-state index in [1.165, 1.54) is 0 Å². The number of carbonyl (C=O) groups excluding carboxylic acids is 1. The molecule has 0 aliphatic carbocycles. The van der Waals surface area contributed by atoms with Crippen molar-refractivity contribution in [1.82, 2.24) is 19.9 Å². The van der Waals surface area contributed by atoms with Gasteiger partial charge in [-0.1, -0.05) is 6.07 Å². The number of hydrogen-bond acceptors (Lipinski definition) is 4. The molecule has 2 unspecified atom stereocenters. The van der Waals surface area contributed by atoms with Crippen molar-refractivity contribution in [2.24, 2.45) is 0 Å². The predicted octanol–water partition coefficient (Wildman–Crippen LogP) is 3.17. The first-order valence-corrected chi connectivity index (χ1v) is 9.11. The zero-order valence-electron chi connectivity index (χ0n) is 14.3. The second kappa shape index (κ2) is 6.12. The number of aromatic nitrogens is 3. The number of rotatable bonds is 3. The zero-order valence-corrected chi connectivity index (χ0v) is 14.3. The van der Waals surface area contributed by atoms with Crippen LogP contribution in [0, 0.1) is 0 Å². The molecule has 2 bridgehead atoms. The van der Waals surface area contributed by atoms with Crippen molar-refractivity contribution in [2.45, 2.75) is 43.9 Å². The summed E-state index contributed by atoms with van der Waals surface area (Å²) < 4.78 is 6.05. The number of imidazole rings is 1. The minimum Gasteiger partial charge on any atom is -0.474 e. The molecule has 1 aromatic carbocycles. The van der Waals surface area contributed by atoms with Gasteiger partial charge in [-0.3, -0.25) is 4.79 Å². The smallest absolute Gasteiger partial charge is 0.254 e. The molecule has 2 fully saturated rings. The number of amides is 1. The molecule has 26 heavy (non-hydrogen) atoms. The molecule has 132 valence electrons. The van der Waals surface area contributed by atoms with Crippen molar-refractivity contribution in [3.05, 3.63) is 54.5 Å². The number of carbonyl (C=O) groups is 1. The van der Waals surface area contributed by atoms with E-state index in [9.17, 15) is 4.79 Å². The van der Waals surface area contributed by atoms with Crippen LogP contribution in [0.4, 0.5) is 0 Å². The lowest BCUT2D eigenvalue weighted by molar-refractivity contribution is 0.0348. The van der Waals surface area contributed by atoms with E-state index in [2.05, 4.69) is 19.9 Å². The van der Waals surface area contributed by atoms with Crippen molar-refractivity contribution < 1.29 is 9.53 Å². The summed E-state index contributed by atoms with van der Waals surface area (Å²) in [5, 5.41) is 0. The van der Waals surface area contributed by atoms with Gasteiger partial charge in [-0.15, -0.1) is 0 Å². The molecule has 2 saturated heterocycles. The molecule has 1 amide bonds. The largest absolute Gasteiger partial charge is 0.474 e. The van der Waals surface area contributed by atoms with Crippen LogP contribution >= 0.6 is 0 Å². The molecule has 2 aromatic heterocycles. The molecule has 5 rings (SSSR count). The second-order valence-corrected chi connectivity index (χ2v) is 7.11. The van der Waals surface area contributed by atoms with Crippen molar-refractivity contribution in [3.63, 3.8) is 0 Å². The molecule has 4 heterocycles. The maximum Gasteiger partial charge on any atom is 0.254 e. The number of fused-ring (bicyclic) bond motifs is 3. The summed E-state index contributed by atoms with van der Waals surface area (Å²) in [6.07, 6.45) is 7.35. The van der Waals surface area contributed by atoms with Gasteiger partial charge in [0.25, 0.3) is 5.91 Å². The summed E-state index contributed by atoms with van der Waals surface area (Å²) in [6, 6.07) is 11.9. The average Bonchev–Trinajstić information content (AvgIpc) is 3.24. The molecule has 3 aromatic rings. The standard InChI is InChI=1S/C20H20N4O2/c25-20(13-4-7-17-18(9-13)23-12-22-17)24-14-5-6-15(24)11-16(10-14)26-19-3-1-2-8-21-19/h1-4,7-9,12,14-16H,5-6,10-11H2,(H,22,23). The van der Waals surface area contributed by atoms with Gasteiger partial charge in [0.15, 0.2) is 0 Å². The van der Waals surface area contributed by atoms with E-state index >= 15 is 0 Å². The highest BCUT2D eigenvalue weighted by molar-refractivity contribution is 5.97. The Balaban J connectivity index is 1.34. The van der Waals surface area contributed by atoms with Crippen molar-refractivity contribution >= 4 is 16.9 Å². The van der Waals surface area contributed by atoms with Crippen LogP contribution in [0.15, 0.2) is 48.9 Å². The van der Waals surface area contributed by atoms with E-state index in [0.717, 1.165) is 42.3 Å². The van der Waals surface area contributed by atoms with E-state index in [4.69, 9.17) is 4.74 Å². The third kappa shape index (κ3) is 2.62. The van der Waals surface area contributed by atoms with Crippen LogP contribution in [0.25, 0.3) is 11.0 Å². The van der Waals surface area contributed by atoms with Crippen molar-refractivity contribution in [3.8, 4) is 5.88 Å². The van der Waals surface area contributed by atoms with Gasteiger partial charge in [-0.05, 0) is 37.1 Å². The number of H-pyrrole nitrogens is 1. The Morgan fingerprint density at radius 1 is 1.12 bits per heavy atom. The van der Waals surface area contributed by atoms with Crippen LogP contribution in [0.5, 0.6) is 5.88 Å². The molecule has 2 aliphatic rings. The topological polar surface area (TPSA) is 71.1 Å². The number of hydrogen-bond donors (Lipinski definition) is 1. The first kappa shape index (κ1) is 15.4. The van der Waals surface area contributed by atoms with E-state index in [0.29, 0.717) is 5.88 Å². The average molecular weight is 348 g/mol. The minimum absolute atomic E-state index is 0.116. The monoisotopic (exact) mass is 348 g/mol. The van der Waals surface area contributed by atoms with Gasteiger partial charge in [0.1, 0.15) is 6.10 Å². The number of nitrogens with zero attached hydrogens (tertiary/aromatic N) is 3. The first-order chi connectivity index (χ1) is 12.8. The van der Waals surface area contributed by atoms with Crippen LogP contribution in [-0.4, -0.2) is 43.9 Å². The zero-order chi connectivity index (χ0) is 17.5. The molecule has 0 spiro atoms.